The molecule has 1 amide bonds. The first-order valence-corrected chi connectivity index (χ1v) is 7.23. The number of alkyl halides is 3. The fourth-order valence-corrected chi connectivity index (χ4v) is 5.44. The Labute approximate surface area is 121 Å². The molecule has 2 atom stereocenters. The smallest absolute Gasteiger partial charge is 0.341 e. The molecule has 1 aromatic rings. The van der Waals surface area contributed by atoms with E-state index in [1.807, 2.05) is 5.32 Å². The molecule has 1 aromatic heterocycles. The van der Waals surface area contributed by atoms with Crippen LogP contribution >= 0.6 is 43.2 Å². The summed E-state index contributed by atoms with van der Waals surface area (Å²) in [5.74, 6) is -1.94. The summed E-state index contributed by atoms with van der Waals surface area (Å²) < 4.78 is 38.1. The van der Waals surface area contributed by atoms with Crippen LogP contribution in [-0.4, -0.2) is 12.1 Å². The summed E-state index contributed by atoms with van der Waals surface area (Å²) in [5.41, 5.74) is 7.26. The summed E-state index contributed by atoms with van der Waals surface area (Å²) in [4.78, 5) is 11.0. The Kier molecular flexibility index (Phi) is 3.79. The number of fused-ring (bicyclic) bond motifs is 1. The molecule has 1 heterocycles. The zero-order chi connectivity index (χ0) is 13.7. The fraction of sp³-hybridized carbons (Fsp3) is 0.444. The Morgan fingerprint density at radius 3 is 2.44 bits per heavy atom. The lowest BCUT2D eigenvalue weighted by atomic mass is 10.2. The number of nitrogens with one attached hydrogen (secondary N) is 1. The van der Waals surface area contributed by atoms with Crippen LogP contribution in [0.5, 0.6) is 0 Å². The molecule has 18 heavy (non-hydrogen) atoms. The highest BCUT2D eigenvalue weighted by molar-refractivity contribution is 9.12. The predicted molar refractivity (Wildman–Crippen MR) is 68.2 cm³/mol. The molecule has 0 radical (unpaired) electrons. The van der Waals surface area contributed by atoms with Gasteiger partial charge in [-0.05, 0) is 38.3 Å². The highest BCUT2D eigenvalue weighted by Crippen LogP contribution is 2.50. The van der Waals surface area contributed by atoms with Crippen molar-refractivity contribution in [2.24, 2.45) is 5.73 Å². The number of halogens is 5. The molecule has 0 bridgehead atoms. The highest BCUT2D eigenvalue weighted by Gasteiger charge is 2.43. The number of hydrogen-bond acceptors (Lipinski definition) is 3. The lowest BCUT2D eigenvalue weighted by molar-refractivity contribution is -0.174. The van der Waals surface area contributed by atoms with Gasteiger partial charge in [0.2, 0.25) is 0 Å². The van der Waals surface area contributed by atoms with Gasteiger partial charge >= 0.3 is 12.1 Å². The van der Waals surface area contributed by atoms with Gasteiger partial charge in [-0.2, -0.15) is 13.2 Å². The molecule has 3 nitrogen and oxygen atoms in total. The predicted octanol–water partition coefficient (Wildman–Crippen LogP) is 3.40. The summed E-state index contributed by atoms with van der Waals surface area (Å²) in [6, 6.07) is -1.09. The molecule has 0 unspecified atom stereocenters. The maximum atomic E-state index is 12.2. The zero-order valence-corrected chi connectivity index (χ0v) is 12.6. The number of hydrogen-bond donors (Lipinski definition) is 2. The molecule has 1 aliphatic rings. The average molecular weight is 408 g/mol. The number of carbonyl (C=O) groups is 1. The van der Waals surface area contributed by atoms with Crippen LogP contribution in [0.3, 0.4) is 0 Å². The molecule has 100 valence electrons. The van der Waals surface area contributed by atoms with Crippen LogP contribution in [0.4, 0.5) is 13.2 Å². The Bertz CT molecular complexity index is 503. The van der Waals surface area contributed by atoms with Gasteiger partial charge in [0.25, 0.3) is 0 Å². The fourth-order valence-electron chi connectivity index (χ4n) is 1.93. The Hall–Kier alpha value is -0.120. The molecule has 0 fully saturated rings. The van der Waals surface area contributed by atoms with E-state index in [9.17, 15) is 18.0 Å². The van der Waals surface area contributed by atoms with Crippen molar-refractivity contribution in [1.29, 1.82) is 0 Å². The molecule has 0 aliphatic heterocycles. The quantitative estimate of drug-likeness (QED) is 0.749. The maximum absolute atomic E-state index is 12.2. The molecule has 9 heteroatoms. The van der Waals surface area contributed by atoms with E-state index in [1.54, 1.807) is 0 Å². The minimum atomic E-state index is -4.88. The van der Waals surface area contributed by atoms with Crippen molar-refractivity contribution in [3.63, 3.8) is 0 Å². The molecule has 1 aliphatic carbocycles. The lowest BCUT2D eigenvalue weighted by Crippen LogP contribution is -2.38. The first kappa shape index (κ1) is 14.3. The van der Waals surface area contributed by atoms with Gasteiger partial charge in [0, 0.05) is 17.2 Å². The van der Waals surface area contributed by atoms with Crippen LogP contribution in [0.25, 0.3) is 0 Å². The maximum Gasteiger partial charge on any atom is 0.471 e. The Balaban J connectivity index is 2.27. The highest BCUT2D eigenvalue weighted by atomic mass is 79.9. The van der Waals surface area contributed by atoms with E-state index < -0.39 is 18.1 Å². The minimum Gasteiger partial charge on any atom is -0.341 e. The third-order valence-electron chi connectivity index (χ3n) is 2.66. The summed E-state index contributed by atoms with van der Waals surface area (Å²) in [6.45, 7) is 0. The van der Waals surface area contributed by atoms with E-state index in [4.69, 9.17) is 5.73 Å². The van der Waals surface area contributed by atoms with Gasteiger partial charge in [-0.1, -0.05) is 0 Å². The van der Waals surface area contributed by atoms with Gasteiger partial charge in [-0.25, -0.2) is 0 Å². The van der Waals surface area contributed by atoms with Gasteiger partial charge in [0.15, 0.2) is 0 Å². The molecule has 0 aromatic carbocycles. The second kappa shape index (κ2) is 4.77. The van der Waals surface area contributed by atoms with Crippen molar-refractivity contribution in [3.8, 4) is 0 Å². The molecule has 2 rings (SSSR count). The number of nitrogens with two attached hydrogens (primary N) is 1. The largest absolute Gasteiger partial charge is 0.471 e. The minimum absolute atomic E-state index is 0.261. The lowest BCUT2D eigenvalue weighted by Gasteiger charge is -2.15. The zero-order valence-electron chi connectivity index (χ0n) is 8.65. The van der Waals surface area contributed by atoms with Crippen molar-refractivity contribution in [1.82, 2.24) is 5.32 Å². The Morgan fingerprint density at radius 1 is 1.33 bits per heavy atom. The van der Waals surface area contributed by atoms with Crippen molar-refractivity contribution < 1.29 is 18.0 Å². The van der Waals surface area contributed by atoms with E-state index >= 15 is 0 Å². The van der Waals surface area contributed by atoms with E-state index in [2.05, 4.69) is 31.9 Å². The number of rotatable bonds is 1. The van der Waals surface area contributed by atoms with Crippen LogP contribution in [0, 0.1) is 0 Å². The van der Waals surface area contributed by atoms with E-state index in [1.165, 1.54) is 11.3 Å². The summed E-state index contributed by atoms with van der Waals surface area (Å²) in [6.07, 6.45) is -4.62. The second-order valence-electron chi connectivity index (χ2n) is 3.84. The van der Waals surface area contributed by atoms with Crippen LogP contribution in [0.2, 0.25) is 0 Å². The number of carbonyl (C=O) groups excluding carboxylic acids is 1. The van der Waals surface area contributed by atoms with Gasteiger partial charge in [0.1, 0.15) is 0 Å². The van der Waals surface area contributed by atoms with Gasteiger partial charge < -0.3 is 11.1 Å². The third kappa shape index (κ3) is 2.45. The van der Waals surface area contributed by atoms with Gasteiger partial charge in [0.05, 0.1) is 13.6 Å². The first-order chi connectivity index (χ1) is 8.21. The molecule has 0 spiro atoms. The standard InChI is InChI=1S/C9H7Br2F3N2OS/c10-6-4-2(15)1-3(5(4)7(11)18-6)16-8(17)9(12,13)14/h2-3H,1,15H2,(H,16,17)/t2-,3+/m1/s1. The van der Waals surface area contributed by atoms with Crippen molar-refractivity contribution >= 4 is 49.1 Å². The monoisotopic (exact) mass is 406 g/mol. The molecular weight excluding hydrogens is 401 g/mol. The normalized spacial score (nSPS) is 23.0. The van der Waals surface area contributed by atoms with E-state index in [0.29, 0.717) is 9.35 Å². The SMILES string of the molecule is N[C@@H]1C[C@H](NC(=O)C(F)(F)F)c2c(Br)sc(Br)c21. The van der Waals surface area contributed by atoms with Crippen molar-refractivity contribution in [2.45, 2.75) is 24.7 Å². The third-order valence-corrected chi connectivity index (χ3v) is 5.29. The van der Waals surface area contributed by atoms with Crippen LogP contribution < -0.4 is 11.1 Å². The second-order valence-corrected chi connectivity index (χ2v) is 7.50. The molecule has 3 N–H and O–H groups in total. The van der Waals surface area contributed by atoms with Crippen LogP contribution in [-0.2, 0) is 4.79 Å². The summed E-state index contributed by atoms with van der Waals surface area (Å²) >= 11 is 7.93. The molecule has 0 saturated heterocycles. The van der Waals surface area contributed by atoms with Crippen LogP contribution in [0.1, 0.15) is 29.6 Å². The van der Waals surface area contributed by atoms with Gasteiger partial charge in [-0.15, -0.1) is 11.3 Å². The van der Waals surface area contributed by atoms with Crippen molar-refractivity contribution in [3.05, 3.63) is 18.7 Å². The number of amides is 1. The average Bonchev–Trinajstić information content (AvgIpc) is 2.67. The van der Waals surface area contributed by atoms with E-state index in [0.717, 1.165) is 9.35 Å². The number of thiophene rings is 1. The summed E-state index contributed by atoms with van der Waals surface area (Å²) in [5, 5.41) is 1.97. The van der Waals surface area contributed by atoms with E-state index in [-0.39, 0.29) is 12.5 Å². The molecule has 0 saturated carbocycles. The van der Waals surface area contributed by atoms with Crippen molar-refractivity contribution in [2.75, 3.05) is 0 Å². The Morgan fingerprint density at radius 2 is 1.89 bits per heavy atom. The first-order valence-electron chi connectivity index (χ1n) is 4.82. The van der Waals surface area contributed by atoms with Gasteiger partial charge in [-0.3, -0.25) is 4.79 Å². The topological polar surface area (TPSA) is 55.1 Å². The van der Waals surface area contributed by atoms with Crippen LogP contribution in [0.15, 0.2) is 7.57 Å². The molecular formula is C9H7Br2F3N2OS. The summed E-state index contributed by atoms with van der Waals surface area (Å²) in [7, 11) is 0.